The maximum Gasteiger partial charge on any atom is 0.274 e. The van der Waals surface area contributed by atoms with E-state index in [1.54, 1.807) is 19.1 Å². The third-order valence-electron chi connectivity index (χ3n) is 3.44. The van der Waals surface area contributed by atoms with Gasteiger partial charge in [0, 0.05) is 22.6 Å². The second kappa shape index (κ2) is 6.19. The highest BCUT2D eigenvalue weighted by molar-refractivity contribution is 9.10. The molecule has 0 radical (unpaired) electrons. The van der Waals surface area contributed by atoms with Gasteiger partial charge in [0.2, 0.25) is 0 Å². The van der Waals surface area contributed by atoms with E-state index in [9.17, 15) is 10.1 Å². The summed E-state index contributed by atoms with van der Waals surface area (Å²) in [6.45, 7) is 2.60. The van der Waals surface area contributed by atoms with Crippen LogP contribution in [0.4, 0.5) is 11.4 Å². The van der Waals surface area contributed by atoms with Crippen LogP contribution in [0.5, 0.6) is 0 Å². The lowest BCUT2D eigenvalue weighted by molar-refractivity contribution is -0.385. The van der Waals surface area contributed by atoms with Crippen LogP contribution < -0.4 is 5.32 Å². The number of nitrogens with zero attached hydrogens (tertiary/aromatic N) is 1. The zero-order valence-corrected chi connectivity index (χ0v) is 12.4. The molecule has 4 nitrogen and oxygen atoms in total. The van der Waals surface area contributed by atoms with Gasteiger partial charge < -0.3 is 5.32 Å². The van der Waals surface area contributed by atoms with Crippen LogP contribution in [-0.4, -0.2) is 11.5 Å². The topological polar surface area (TPSA) is 55.2 Å². The van der Waals surface area contributed by atoms with Crippen molar-refractivity contribution in [2.24, 2.45) is 5.92 Å². The number of halogens is 1. The molecular formula is C14H17BrN2O2. The fourth-order valence-corrected chi connectivity index (χ4v) is 2.89. The van der Waals surface area contributed by atoms with Gasteiger partial charge in [-0.25, -0.2) is 0 Å². The third-order valence-corrected chi connectivity index (χ3v) is 4.10. The molecule has 0 aromatic heterocycles. The molecule has 0 amide bonds. The van der Waals surface area contributed by atoms with Crippen molar-refractivity contribution in [2.45, 2.75) is 26.2 Å². The van der Waals surface area contributed by atoms with Crippen molar-refractivity contribution in [2.75, 3.05) is 11.9 Å². The molecule has 0 aliphatic heterocycles. The van der Waals surface area contributed by atoms with Gasteiger partial charge >= 0.3 is 0 Å². The molecule has 1 aromatic rings. The Hall–Kier alpha value is -1.36. The van der Waals surface area contributed by atoms with E-state index >= 15 is 0 Å². The number of rotatable bonds is 4. The highest BCUT2D eigenvalue weighted by Crippen LogP contribution is 2.31. The summed E-state index contributed by atoms with van der Waals surface area (Å²) >= 11 is 3.46. The van der Waals surface area contributed by atoms with Gasteiger partial charge in [0.1, 0.15) is 0 Å². The van der Waals surface area contributed by atoms with Crippen LogP contribution >= 0.6 is 15.9 Å². The number of nitrogens with one attached hydrogen (secondary N) is 1. The third kappa shape index (κ3) is 3.56. The summed E-state index contributed by atoms with van der Waals surface area (Å²) in [4.78, 5) is 10.6. The standard InChI is InChI=1S/C14H17BrN2O2/c1-10-7-12(15)13(8-14(10)17(18)19)16-9-11-5-3-2-4-6-11/h2-3,7-8,11,16H,4-6,9H2,1H3. The normalized spacial score (nSPS) is 18.3. The molecular weight excluding hydrogens is 308 g/mol. The van der Waals surface area contributed by atoms with Crippen LogP contribution in [-0.2, 0) is 0 Å². The number of anilines is 1. The van der Waals surface area contributed by atoms with Crippen LogP contribution in [0.2, 0.25) is 0 Å². The average Bonchev–Trinajstić information content (AvgIpc) is 2.38. The van der Waals surface area contributed by atoms with Crippen LogP contribution in [0.3, 0.4) is 0 Å². The highest BCUT2D eigenvalue weighted by Gasteiger charge is 2.15. The summed E-state index contributed by atoms with van der Waals surface area (Å²) < 4.78 is 0.877. The number of nitro benzene ring substituents is 1. The number of nitro groups is 1. The van der Waals surface area contributed by atoms with E-state index in [1.807, 2.05) is 0 Å². The zero-order chi connectivity index (χ0) is 13.8. The molecule has 0 saturated carbocycles. The lowest BCUT2D eigenvalue weighted by Gasteiger charge is -2.19. The molecule has 0 fully saturated rings. The van der Waals surface area contributed by atoms with E-state index < -0.39 is 0 Å². The first kappa shape index (κ1) is 14.1. The number of hydrogen-bond acceptors (Lipinski definition) is 3. The Bertz CT molecular complexity index is 514. The first-order chi connectivity index (χ1) is 9.08. The van der Waals surface area contributed by atoms with E-state index in [2.05, 4.69) is 33.4 Å². The van der Waals surface area contributed by atoms with Crippen LogP contribution in [0, 0.1) is 23.0 Å². The summed E-state index contributed by atoms with van der Waals surface area (Å²) in [5.74, 6) is 0.609. The molecule has 1 N–H and O–H groups in total. The van der Waals surface area contributed by atoms with Gasteiger partial charge in [-0.05, 0) is 54.1 Å². The molecule has 0 spiro atoms. The fraction of sp³-hybridized carbons (Fsp3) is 0.429. The Morgan fingerprint density at radius 1 is 1.47 bits per heavy atom. The second-order valence-corrected chi connectivity index (χ2v) is 5.76. The Kier molecular flexibility index (Phi) is 4.58. The highest BCUT2D eigenvalue weighted by atomic mass is 79.9. The second-order valence-electron chi connectivity index (χ2n) is 4.91. The average molecular weight is 325 g/mol. The van der Waals surface area contributed by atoms with Crippen molar-refractivity contribution >= 4 is 27.3 Å². The molecule has 2 rings (SSSR count). The maximum atomic E-state index is 10.9. The molecule has 5 heteroatoms. The number of benzene rings is 1. The van der Waals surface area contributed by atoms with E-state index in [1.165, 1.54) is 6.42 Å². The Morgan fingerprint density at radius 2 is 2.26 bits per heavy atom. The van der Waals surface area contributed by atoms with E-state index in [-0.39, 0.29) is 10.6 Å². The quantitative estimate of drug-likeness (QED) is 0.506. The first-order valence-corrected chi connectivity index (χ1v) is 7.20. The zero-order valence-electron chi connectivity index (χ0n) is 10.9. The van der Waals surface area contributed by atoms with E-state index in [4.69, 9.17) is 0 Å². The maximum absolute atomic E-state index is 10.9. The van der Waals surface area contributed by atoms with Gasteiger partial charge in [-0.1, -0.05) is 12.2 Å². The monoisotopic (exact) mass is 324 g/mol. The first-order valence-electron chi connectivity index (χ1n) is 6.41. The molecule has 19 heavy (non-hydrogen) atoms. The SMILES string of the molecule is Cc1cc(Br)c(NCC2CC=CCC2)cc1[N+](=O)[O-]. The number of aryl methyl sites for hydroxylation is 1. The van der Waals surface area contributed by atoms with E-state index in [0.29, 0.717) is 11.5 Å². The van der Waals surface area contributed by atoms with Gasteiger partial charge in [-0.2, -0.15) is 0 Å². The van der Waals surface area contributed by atoms with Crippen LogP contribution in [0.15, 0.2) is 28.8 Å². The predicted molar refractivity (Wildman–Crippen MR) is 80.5 cm³/mol. The summed E-state index contributed by atoms with van der Waals surface area (Å²) in [5, 5.41) is 14.3. The largest absolute Gasteiger partial charge is 0.384 e. The lowest BCUT2D eigenvalue weighted by Crippen LogP contribution is -2.15. The van der Waals surface area contributed by atoms with Crippen LogP contribution in [0.1, 0.15) is 24.8 Å². The van der Waals surface area contributed by atoms with Crippen molar-refractivity contribution in [1.82, 2.24) is 0 Å². The minimum Gasteiger partial charge on any atom is -0.384 e. The molecule has 1 atom stereocenters. The lowest BCUT2D eigenvalue weighted by atomic mass is 9.94. The Labute approximate surface area is 121 Å². The fourth-order valence-electron chi connectivity index (χ4n) is 2.29. The van der Waals surface area contributed by atoms with Gasteiger partial charge in [-0.15, -0.1) is 0 Å². The smallest absolute Gasteiger partial charge is 0.274 e. The summed E-state index contributed by atoms with van der Waals surface area (Å²) in [6, 6.07) is 3.40. The van der Waals surface area contributed by atoms with Gasteiger partial charge in [0.05, 0.1) is 10.6 Å². The van der Waals surface area contributed by atoms with Gasteiger partial charge in [-0.3, -0.25) is 10.1 Å². The molecule has 1 aliphatic rings. The molecule has 102 valence electrons. The Morgan fingerprint density at radius 3 is 2.89 bits per heavy atom. The molecule has 0 bridgehead atoms. The van der Waals surface area contributed by atoms with Gasteiger partial charge in [0.25, 0.3) is 5.69 Å². The molecule has 0 saturated heterocycles. The number of allylic oxidation sites excluding steroid dienone is 2. The molecule has 1 unspecified atom stereocenters. The van der Waals surface area contributed by atoms with Crippen molar-refractivity contribution in [3.05, 3.63) is 44.4 Å². The van der Waals surface area contributed by atoms with Crippen molar-refractivity contribution < 1.29 is 4.92 Å². The van der Waals surface area contributed by atoms with Crippen molar-refractivity contribution in [3.8, 4) is 0 Å². The minimum atomic E-state index is -0.337. The molecule has 1 aromatic carbocycles. The van der Waals surface area contributed by atoms with E-state index in [0.717, 1.165) is 29.5 Å². The summed E-state index contributed by atoms with van der Waals surface area (Å²) in [7, 11) is 0. The predicted octanol–water partition coefficient (Wildman–Crippen LogP) is 4.43. The molecule has 1 aliphatic carbocycles. The minimum absolute atomic E-state index is 0.161. The van der Waals surface area contributed by atoms with Crippen LogP contribution in [0.25, 0.3) is 0 Å². The molecule has 0 heterocycles. The van der Waals surface area contributed by atoms with Gasteiger partial charge in [0.15, 0.2) is 0 Å². The summed E-state index contributed by atoms with van der Waals surface area (Å²) in [6.07, 6.45) is 7.81. The summed E-state index contributed by atoms with van der Waals surface area (Å²) in [5.41, 5.74) is 1.63. The Balaban J connectivity index is 2.09. The van der Waals surface area contributed by atoms with Crippen molar-refractivity contribution in [3.63, 3.8) is 0 Å². The van der Waals surface area contributed by atoms with Crippen molar-refractivity contribution in [1.29, 1.82) is 0 Å². The number of hydrogen-bond donors (Lipinski definition) is 1.